The van der Waals surface area contributed by atoms with Crippen molar-refractivity contribution < 1.29 is 14.1 Å². The molecule has 6 nitrogen and oxygen atoms in total. The average molecular weight is 484 g/mol. The molecule has 1 aliphatic heterocycles. The number of hydrogen-bond donors (Lipinski definition) is 0. The SMILES string of the molecule is Cc1ccccc1OCc1c(C(=O)N2CCN(Cc3cccc(Br)c3)CC2)noc1C. The predicted molar refractivity (Wildman–Crippen MR) is 122 cm³/mol. The second-order valence-electron chi connectivity index (χ2n) is 7.82. The summed E-state index contributed by atoms with van der Waals surface area (Å²) in [6.07, 6.45) is 0. The number of rotatable bonds is 6. The van der Waals surface area contributed by atoms with Gasteiger partial charge in [0.25, 0.3) is 5.91 Å². The van der Waals surface area contributed by atoms with E-state index >= 15 is 0 Å². The van der Waals surface area contributed by atoms with Crippen molar-refractivity contribution in [2.45, 2.75) is 27.0 Å². The number of piperazine rings is 1. The third kappa shape index (κ3) is 5.17. The number of aromatic nitrogens is 1. The number of amides is 1. The van der Waals surface area contributed by atoms with Gasteiger partial charge in [-0.2, -0.15) is 0 Å². The van der Waals surface area contributed by atoms with Crippen LogP contribution in [0.25, 0.3) is 0 Å². The Morgan fingerprint density at radius 1 is 1.10 bits per heavy atom. The number of carbonyl (C=O) groups is 1. The van der Waals surface area contributed by atoms with Gasteiger partial charge in [-0.3, -0.25) is 9.69 Å². The van der Waals surface area contributed by atoms with Gasteiger partial charge in [-0.25, -0.2) is 0 Å². The molecule has 0 saturated carbocycles. The van der Waals surface area contributed by atoms with Crippen molar-refractivity contribution in [3.8, 4) is 5.75 Å². The van der Waals surface area contributed by atoms with Crippen molar-refractivity contribution in [1.82, 2.24) is 15.0 Å². The lowest BCUT2D eigenvalue weighted by atomic mass is 10.1. The van der Waals surface area contributed by atoms with E-state index in [4.69, 9.17) is 9.26 Å². The minimum Gasteiger partial charge on any atom is -0.488 e. The van der Waals surface area contributed by atoms with Gasteiger partial charge in [0.05, 0.1) is 5.56 Å². The van der Waals surface area contributed by atoms with E-state index in [1.54, 1.807) is 0 Å². The van der Waals surface area contributed by atoms with Crippen LogP contribution in [0.4, 0.5) is 0 Å². The standard InChI is InChI=1S/C24H26BrN3O3/c1-17-6-3-4-9-22(17)30-16-21-18(2)31-26-23(21)24(29)28-12-10-27(11-13-28)15-19-7-5-8-20(25)14-19/h3-9,14H,10-13,15-16H2,1-2H3. The first-order valence-electron chi connectivity index (χ1n) is 10.4. The molecular formula is C24H26BrN3O3. The lowest BCUT2D eigenvalue weighted by Gasteiger charge is -2.34. The van der Waals surface area contributed by atoms with Crippen molar-refractivity contribution in [3.05, 3.63) is 81.1 Å². The lowest BCUT2D eigenvalue weighted by Crippen LogP contribution is -2.48. The number of carbonyl (C=O) groups excluding carboxylic acids is 1. The fourth-order valence-electron chi connectivity index (χ4n) is 3.75. The van der Waals surface area contributed by atoms with Crippen LogP contribution in [0.1, 0.15) is 32.9 Å². The molecular weight excluding hydrogens is 458 g/mol. The summed E-state index contributed by atoms with van der Waals surface area (Å²) < 4.78 is 12.4. The van der Waals surface area contributed by atoms with Crippen LogP contribution in [0.15, 0.2) is 57.5 Å². The molecule has 0 unspecified atom stereocenters. The molecule has 3 aromatic rings. The molecule has 2 aromatic carbocycles. The van der Waals surface area contributed by atoms with Gasteiger partial charge in [-0.1, -0.05) is 51.4 Å². The largest absolute Gasteiger partial charge is 0.488 e. The second-order valence-corrected chi connectivity index (χ2v) is 8.73. The van der Waals surface area contributed by atoms with Gasteiger partial charge in [0.2, 0.25) is 0 Å². The van der Waals surface area contributed by atoms with Crippen molar-refractivity contribution in [3.63, 3.8) is 0 Å². The lowest BCUT2D eigenvalue weighted by molar-refractivity contribution is 0.0616. The Morgan fingerprint density at radius 3 is 2.61 bits per heavy atom. The highest BCUT2D eigenvalue weighted by molar-refractivity contribution is 9.10. The Balaban J connectivity index is 1.37. The molecule has 162 valence electrons. The molecule has 1 saturated heterocycles. The van der Waals surface area contributed by atoms with Crippen molar-refractivity contribution >= 4 is 21.8 Å². The summed E-state index contributed by atoms with van der Waals surface area (Å²) in [6.45, 7) is 7.91. The number of halogens is 1. The third-order valence-corrected chi connectivity index (χ3v) is 6.10. The van der Waals surface area contributed by atoms with Gasteiger partial charge in [0.1, 0.15) is 18.1 Å². The fourth-order valence-corrected chi connectivity index (χ4v) is 4.20. The fraction of sp³-hybridized carbons (Fsp3) is 0.333. The molecule has 31 heavy (non-hydrogen) atoms. The smallest absolute Gasteiger partial charge is 0.276 e. The normalized spacial score (nSPS) is 14.6. The Hall–Kier alpha value is -2.64. The van der Waals surface area contributed by atoms with E-state index < -0.39 is 0 Å². The summed E-state index contributed by atoms with van der Waals surface area (Å²) in [4.78, 5) is 17.4. The van der Waals surface area contributed by atoms with Crippen LogP contribution in [0.2, 0.25) is 0 Å². The van der Waals surface area contributed by atoms with Crippen LogP contribution in [-0.4, -0.2) is 47.0 Å². The van der Waals surface area contributed by atoms with E-state index in [1.807, 2.05) is 55.1 Å². The number of aryl methyl sites for hydroxylation is 2. The third-order valence-electron chi connectivity index (χ3n) is 5.61. The van der Waals surface area contributed by atoms with E-state index in [9.17, 15) is 4.79 Å². The number of hydrogen-bond acceptors (Lipinski definition) is 5. The number of ether oxygens (including phenoxy) is 1. The molecule has 0 aliphatic carbocycles. The Kier molecular flexibility index (Phi) is 6.73. The van der Waals surface area contributed by atoms with E-state index in [0.29, 0.717) is 30.1 Å². The maximum Gasteiger partial charge on any atom is 0.276 e. The number of nitrogens with zero attached hydrogens (tertiary/aromatic N) is 3. The first kappa shape index (κ1) is 21.6. The van der Waals surface area contributed by atoms with Gasteiger partial charge in [0.15, 0.2) is 5.69 Å². The summed E-state index contributed by atoms with van der Waals surface area (Å²) in [6, 6.07) is 16.2. The minimum atomic E-state index is -0.0951. The van der Waals surface area contributed by atoms with E-state index in [0.717, 1.165) is 35.4 Å². The molecule has 0 N–H and O–H groups in total. The number of benzene rings is 2. The summed E-state index contributed by atoms with van der Waals surface area (Å²) in [5.41, 5.74) is 3.37. The summed E-state index contributed by atoms with van der Waals surface area (Å²) >= 11 is 3.52. The molecule has 7 heteroatoms. The molecule has 4 rings (SSSR count). The topological polar surface area (TPSA) is 58.8 Å². The minimum absolute atomic E-state index is 0.0951. The van der Waals surface area contributed by atoms with Gasteiger partial charge in [0, 0.05) is 37.2 Å². The van der Waals surface area contributed by atoms with E-state index in [2.05, 4.69) is 38.1 Å². The molecule has 2 heterocycles. The van der Waals surface area contributed by atoms with Gasteiger partial charge < -0.3 is 14.2 Å². The van der Waals surface area contributed by atoms with Gasteiger partial charge >= 0.3 is 0 Å². The molecule has 1 amide bonds. The molecule has 1 fully saturated rings. The highest BCUT2D eigenvalue weighted by Gasteiger charge is 2.28. The molecule has 0 bridgehead atoms. The Bertz CT molecular complexity index is 1060. The second kappa shape index (κ2) is 9.66. The Morgan fingerprint density at radius 2 is 1.87 bits per heavy atom. The Labute approximate surface area is 190 Å². The van der Waals surface area contributed by atoms with Crippen molar-refractivity contribution in [2.24, 2.45) is 0 Å². The van der Waals surface area contributed by atoms with Crippen LogP contribution in [0, 0.1) is 13.8 Å². The van der Waals surface area contributed by atoms with E-state index in [1.165, 1.54) is 5.56 Å². The molecule has 1 aromatic heterocycles. The average Bonchev–Trinajstić information content (AvgIpc) is 3.13. The van der Waals surface area contributed by atoms with Gasteiger partial charge in [-0.15, -0.1) is 0 Å². The van der Waals surface area contributed by atoms with Crippen LogP contribution < -0.4 is 4.74 Å². The van der Waals surface area contributed by atoms with Crippen LogP contribution in [0.5, 0.6) is 5.75 Å². The quantitative estimate of drug-likeness (QED) is 0.512. The predicted octanol–water partition coefficient (Wildman–Crippen LogP) is 4.59. The monoisotopic (exact) mass is 483 g/mol. The molecule has 0 atom stereocenters. The summed E-state index contributed by atoms with van der Waals surface area (Å²) in [5, 5.41) is 4.06. The maximum absolute atomic E-state index is 13.1. The van der Waals surface area contributed by atoms with Crippen molar-refractivity contribution in [1.29, 1.82) is 0 Å². The van der Waals surface area contributed by atoms with E-state index in [-0.39, 0.29) is 12.5 Å². The van der Waals surface area contributed by atoms with Crippen molar-refractivity contribution in [2.75, 3.05) is 26.2 Å². The molecule has 0 spiro atoms. The maximum atomic E-state index is 13.1. The zero-order chi connectivity index (χ0) is 21.8. The zero-order valence-electron chi connectivity index (χ0n) is 17.8. The first-order chi connectivity index (χ1) is 15.0. The van der Waals surface area contributed by atoms with Crippen LogP contribution in [-0.2, 0) is 13.2 Å². The van der Waals surface area contributed by atoms with Gasteiger partial charge in [-0.05, 0) is 43.2 Å². The summed E-state index contributed by atoms with van der Waals surface area (Å²) in [7, 11) is 0. The highest BCUT2D eigenvalue weighted by atomic mass is 79.9. The van der Waals surface area contributed by atoms with Crippen LogP contribution >= 0.6 is 15.9 Å². The summed E-state index contributed by atoms with van der Waals surface area (Å²) in [5.74, 6) is 1.32. The zero-order valence-corrected chi connectivity index (χ0v) is 19.4. The van der Waals surface area contributed by atoms with Crippen LogP contribution in [0.3, 0.4) is 0 Å². The molecule has 1 aliphatic rings. The highest BCUT2D eigenvalue weighted by Crippen LogP contribution is 2.22. The first-order valence-corrected chi connectivity index (χ1v) is 11.2. The molecule has 0 radical (unpaired) electrons. The number of para-hydroxylation sites is 1.